The summed E-state index contributed by atoms with van der Waals surface area (Å²) in [5, 5.41) is 6.71. The van der Waals surface area contributed by atoms with Gasteiger partial charge < -0.3 is 11.1 Å². The number of nitrogens with two attached hydrogens (primary N) is 1. The summed E-state index contributed by atoms with van der Waals surface area (Å²) in [7, 11) is 0. The summed E-state index contributed by atoms with van der Waals surface area (Å²) >= 11 is 2.97. The lowest BCUT2D eigenvalue weighted by Gasteiger charge is -2.02. The molecule has 0 fully saturated rings. The van der Waals surface area contributed by atoms with Crippen LogP contribution < -0.4 is 11.1 Å². The minimum Gasteiger partial charge on any atom is -0.397 e. The molecule has 3 rings (SSSR count). The van der Waals surface area contributed by atoms with Gasteiger partial charge in [-0.05, 0) is 26.0 Å². The summed E-state index contributed by atoms with van der Waals surface area (Å²) in [6, 6.07) is 6.05. The van der Waals surface area contributed by atoms with Gasteiger partial charge in [0.2, 0.25) is 0 Å². The molecule has 21 heavy (non-hydrogen) atoms. The minimum absolute atomic E-state index is 0.140. The maximum Gasteiger partial charge on any atom is 0.263 e. The number of thiazole rings is 1. The van der Waals surface area contributed by atoms with E-state index in [9.17, 15) is 4.79 Å². The van der Waals surface area contributed by atoms with Crippen LogP contribution in [0.25, 0.3) is 10.1 Å². The fraction of sp³-hybridized carbons (Fsp3) is 0.200. The van der Waals surface area contributed by atoms with Crippen molar-refractivity contribution in [3.8, 4) is 0 Å². The summed E-state index contributed by atoms with van der Waals surface area (Å²) < 4.78 is 1.04. The van der Waals surface area contributed by atoms with Crippen molar-refractivity contribution < 1.29 is 4.79 Å². The molecule has 1 aromatic carbocycles. The van der Waals surface area contributed by atoms with E-state index in [0.717, 1.165) is 26.4 Å². The summed E-state index contributed by atoms with van der Waals surface area (Å²) in [4.78, 5) is 17.2. The number of nitrogens with zero attached hydrogens (tertiary/aromatic N) is 1. The van der Waals surface area contributed by atoms with Crippen LogP contribution in [0.3, 0.4) is 0 Å². The fourth-order valence-electron chi connectivity index (χ4n) is 2.12. The Morgan fingerprint density at radius 1 is 1.38 bits per heavy atom. The Hall–Kier alpha value is -1.92. The van der Waals surface area contributed by atoms with Gasteiger partial charge in [-0.3, -0.25) is 4.79 Å². The van der Waals surface area contributed by atoms with Crippen LogP contribution in [0.5, 0.6) is 0 Å². The van der Waals surface area contributed by atoms with Crippen molar-refractivity contribution in [3.05, 3.63) is 44.7 Å². The number of nitrogens with one attached hydrogen (secondary N) is 1. The molecule has 3 N–H and O–H groups in total. The zero-order valence-corrected chi connectivity index (χ0v) is 13.4. The number of amides is 1. The van der Waals surface area contributed by atoms with Crippen molar-refractivity contribution in [2.75, 3.05) is 5.73 Å². The molecule has 0 aliphatic carbocycles. The maximum absolute atomic E-state index is 12.3. The van der Waals surface area contributed by atoms with Gasteiger partial charge in [0, 0.05) is 21.2 Å². The Labute approximate surface area is 130 Å². The molecule has 2 aromatic heterocycles. The molecule has 4 nitrogen and oxygen atoms in total. The van der Waals surface area contributed by atoms with Crippen LogP contribution in [0.15, 0.2) is 23.6 Å². The first-order valence-electron chi connectivity index (χ1n) is 6.52. The largest absolute Gasteiger partial charge is 0.397 e. The number of rotatable bonds is 3. The van der Waals surface area contributed by atoms with Crippen LogP contribution in [-0.4, -0.2) is 10.9 Å². The highest BCUT2D eigenvalue weighted by molar-refractivity contribution is 7.21. The molecule has 0 atom stereocenters. The number of hydrogen-bond donors (Lipinski definition) is 2. The molecule has 3 aromatic rings. The highest BCUT2D eigenvalue weighted by atomic mass is 32.1. The van der Waals surface area contributed by atoms with Crippen LogP contribution in [-0.2, 0) is 6.54 Å². The predicted octanol–water partition coefficient (Wildman–Crippen LogP) is 3.49. The number of aromatic nitrogens is 1. The summed E-state index contributed by atoms with van der Waals surface area (Å²) in [5.41, 5.74) is 8.79. The van der Waals surface area contributed by atoms with E-state index in [1.54, 1.807) is 11.3 Å². The van der Waals surface area contributed by atoms with E-state index < -0.39 is 0 Å². The Bertz CT molecular complexity index is 820. The van der Waals surface area contributed by atoms with Crippen molar-refractivity contribution in [1.82, 2.24) is 10.3 Å². The molecule has 2 heterocycles. The van der Waals surface area contributed by atoms with Crippen LogP contribution in [0.4, 0.5) is 5.69 Å². The topological polar surface area (TPSA) is 68.0 Å². The van der Waals surface area contributed by atoms with E-state index >= 15 is 0 Å². The Morgan fingerprint density at radius 2 is 2.19 bits per heavy atom. The number of anilines is 1. The molecular weight excluding hydrogens is 302 g/mol. The van der Waals surface area contributed by atoms with Crippen LogP contribution in [0.2, 0.25) is 0 Å². The van der Waals surface area contributed by atoms with E-state index in [2.05, 4.69) is 10.3 Å². The van der Waals surface area contributed by atoms with E-state index in [1.807, 2.05) is 37.4 Å². The Balaban J connectivity index is 1.82. The minimum atomic E-state index is -0.140. The van der Waals surface area contributed by atoms with E-state index in [1.165, 1.54) is 11.3 Å². The number of thiophene rings is 1. The second kappa shape index (κ2) is 5.46. The molecule has 6 heteroatoms. The van der Waals surface area contributed by atoms with Crippen LogP contribution in [0.1, 0.15) is 25.9 Å². The number of hydrogen-bond acceptors (Lipinski definition) is 5. The summed E-state index contributed by atoms with van der Waals surface area (Å²) in [6.45, 7) is 4.39. The normalized spacial score (nSPS) is 11.0. The molecule has 0 bridgehead atoms. The van der Waals surface area contributed by atoms with Gasteiger partial charge in [-0.25, -0.2) is 4.98 Å². The van der Waals surface area contributed by atoms with Gasteiger partial charge in [0.15, 0.2) is 0 Å². The molecule has 0 spiro atoms. The van der Waals surface area contributed by atoms with E-state index in [4.69, 9.17) is 5.73 Å². The fourth-order valence-corrected chi connectivity index (χ4v) is 3.85. The van der Waals surface area contributed by atoms with Crippen molar-refractivity contribution in [2.24, 2.45) is 0 Å². The Kier molecular flexibility index (Phi) is 3.65. The predicted molar refractivity (Wildman–Crippen MR) is 89.0 cm³/mol. The third-order valence-electron chi connectivity index (χ3n) is 3.15. The van der Waals surface area contributed by atoms with Crippen molar-refractivity contribution >= 4 is 44.4 Å². The van der Waals surface area contributed by atoms with E-state index in [0.29, 0.717) is 17.1 Å². The third kappa shape index (κ3) is 2.77. The molecule has 108 valence electrons. The zero-order valence-electron chi connectivity index (χ0n) is 11.8. The third-order valence-corrected chi connectivity index (χ3v) is 5.31. The highest BCUT2D eigenvalue weighted by Crippen LogP contribution is 2.34. The lowest BCUT2D eigenvalue weighted by Crippen LogP contribution is -2.22. The SMILES string of the molecule is Cc1ccc2sc(C(=O)NCc3nc(C)cs3)c(N)c2c1. The standard InChI is InChI=1S/C15H15N3OS2/c1-8-3-4-11-10(5-8)13(16)14(21-11)15(19)17-6-12-18-9(2)7-20-12/h3-5,7H,6,16H2,1-2H3,(H,17,19). The summed E-state index contributed by atoms with van der Waals surface area (Å²) in [5.74, 6) is -0.140. The molecule has 0 saturated heterocycles. The average molecular weight is 317 g/mol. The second-order valence-electron chi connectivity index (χ2n) is 4.91. The van der Waals surface area contributed by atoms with Gasteiger partial charge in [-0.2, -0.15) is 0 Å². The van der Waals surface area contributed by atoms with Gasteiger partial charge in [-0.15, -0.1) is 22.7 Å². The number of fused-ring (bicyclic) bond motifs is 1. The molecule has 0 unspecified atom stereocenters. The first kappa shape index (κ1) is 14.0. The molecule has 0 saturated carbocycles. The number of carbonyl (C=O) groups is 1. The smallest absolute Gasteiger partial charge is 0.263 e. The quantitative estimate of drug-likeness (QED) is 0.777. The van der Waals surface area contributed by atoms with Gasteiger partial charge >= 0.3 is 0 Å². The van der Waals surface area contributed by atoms with Gasteiger partial charge in [-0.1, -0.05) is 11.6 Å². The Morgan fingerprint density at radius 3 is 2.90 bits per heavy atom. The molecular formula is C15H15N3OS2. The van der Waals surface area contributed by atoms with Crippen molar-refractivity contribution in [3.63, 3.8) is 0 Å². The zero-order chi connectivity index (χ0) is 15.0. The van der Waals surface area contributed by atoms with Gasteiger partial charge in [0.1, 0.15) is 9.88 Å². The van der Waals surface area contributed by atoms with E-state index in [-0.39, 0.29) is 5.91 Å². The molecule has 1 amide bonds. The molecule has 0 radical (unpaired) electrons. The highest BCUT2D eigenvalue weighted by Gasteiger charge is 2.16. The lowest BCUT2D eigenvalue weighted by molar-refractivity contribution is 0.0956. The number of carbonyl (C=O) groups excluding carboxylic acids is 1. The second-order valence-corrected chi connectivity index (χ2v) is 6.90. The first-order valence-corrected chi connectivity index (χ1v) is 8.22. The monoisotopic (exact) mass is 317 g/mol. The number of nitrogen functional groups attached to an aromatic ring is 1. The summed E-state index contributed by atoms with van der Waals surface area (Å²) in [6.07, 6.45) is 0. The molecule has 0 aliphatic rings. The maximum atomic E-state index is 12.3. The number of benzene rings is 1. The van der Waals surface area contributed by atoms with Crippen LogP contribution >= 0.6 is 22.7 Å². The van der Waals surface area contributed by atoms with Gasteiger partial charge in [0.25, 0.3) is 5.91 Å². The first-order chi connectivity index (χ1) is 10.0. The van der Waals surface area contributed by atoms with Crippen LogP contribution in [0, 0.1) is 13.8 Å². The molecule has 0 aliphatic heterocycles. The average Bonchev–Trinajstić information content (AvgIpc) is 3.01. The van der Waals surface area contributed by atoms with Crippen molar-refractivity contribution in [1.29, 1.82) is 0 Å². The van der Waals surface area contributed by atoms with Crippen molar-refractivity contribution in [2.45, 2.75) is 20.4 Å². The lowest BCUT2D eigenvalue weighted by atomic mass is 10.1. The number of aryl methyl sites for hydroxylation is 2. The van der Waals surface area contributed by atoms with Gasteiger partial charge in [0.05, 0.1) is 12.2 Å².